The van der Waals surface area contributed by atoms with E-state index in [1.54, 1.807) is 12.1 Å². The maximum Gasteiger partial charge on any atom is 0.129 e. The summed E-state index contributed by atoms with van der Waals surface area (Å²) in [6.07, 6.45) is 1.75. The summed E-state index contributed by atoms with van der Waals surface area (Å²) in [5, 5.41) is 21.0. The minimum Gasteiger partial charge on any atom is -0.544 e. The molecular weight excluding hydrogens is 208 g/mol. The van der Waals surface area contributed by atoms with Crippen molar-refractivity contribution in [3.05, 3.63) is 36.0 Å². The zero-order chi connectivity index (χ0) is 11.7. The lowest BCUT2D eigenvalue weighted by Crippen LogP contribution is -2.69. The van der Waals surface area contributed by atoms with E-state index in [2.05, 4.69) is 5.73 Å². The summed E-state index contributed by atoms with van der Waals surface area (Å²) < 4.78 is 0.993. The SMILES string of the molecule is [NH3+][C@@H](Cc1cn(O)c2ccccc12)C(=O)[O-]. The summed E-state index contributed by atoms with van der Waals surface area (Å²) in [5.41, 5.74) is 4.90. The Balaban J connectivity index is 2.42. The van der Waals surface area contributed by atoms with Crippen LogP contribution in [0.4, 0.5) is 0 Å². The number of quaternary nitrogens is 1. The van der Waals surface area contributed by atoms with Crippen LogP contribution >= 0.6 is 0 Å². The molecule has 1 aromatic carbocycles. The molecule has 1 aromatic heterocycles. The molecule has 0 aliphatic carbocycles. The number of carboxylic acids is 1. The highest BCUT2D eigenvalue weighted by Gasteiger charge is 2.13. The van der Waals surface area contributed by atoms with Gasteiger partial charge in [0.15, 0.2) is 0 Å². The number of hydrogen-bond acceptors (Lipinski definition) is 3. The largest absolute Gasteiger partial charge is 0.544 e. The molecule has 0 aliphatic rings. The lowest BCUT2D eigenvalue weighted by molar-refractivity contribution is -0.436. The minimum absolute atomic E-state index is 0.246. The monoisotopic (exact) mass is 220 g/mol. The molecule has 84 valence electrons. The Hall–Kier alpha value is -2.01. The van der Waals surface area contributed by atoms with Crippen molar-refractivity contribution in [1.29, 1.82) is 0 Å². The molecule has 0 saturated carbocycles. The number of carbonyl (C=O) groups is 1. The Morgan fingerprint density at radius 2 is 2.19 bits per heavy atom. The summed E-state index contributed by atoms with van der Waals surface area (Å²) in [5.74, 6) is -1.19. The van der Waals surface area contributed by atoms with Crippen LogP contribution in [0.1, 0.15) is 5.56 Å². The zero-order valence-electron chi connectivity index (χ0n) is 8.59. The van der Waals surface area contributed by atoms with Crippen LogP contribution in [0.25, 0.3) is 10.9 Å². The van der Waals surface area contributed by atoms with Crippen molar-refractivity contribution in [2.75, 3.05) is 0 Å². The first-order valence-electron chi connectivity index (χ1n) is 4.91. The van der Waals surface area contributed by atoms with E-state index >= 15 is 0 Å². The van der Waals surface area contributed by atoms with Crippen LogP contribution in [0.3, 0.4) is 0 Å². The fourth-order valence-electron chi connectivity index (χ4n) is 1.74. The normalized spacial score (nSPS) is 12.8. The van der Waals surface area contributed by atoms with E-state index in [1.807, 2.05) is 12.1 Å². The maximum absolute atomic E-state index is 10.6. The Kier molecular flexibility index (Phi) is 2.54. The molecule has 4 N–H and O–H groups in total. The molecule has 5 nitrogen and oxygen atoms in total. The Morgan fingerprint density at radius 1 is 1.50 bits per heavy atom. The lowest BCUT2D eigenvalue weighted by atomic mass is 10.1. The average molecular weight is 220 g/mol. The molecule has 0 radical (unpaired) electrons. The van der Waals surface area contributed by atoms with Crippen LogP contribution in [-0.2, 0) is 11.2 Å². The number of aromatic nitrogens is 1. The summed E-state index contributed by atoms with van der Waals surface area (Å²) in [6, 6.07) is 6.42. The van der Waals surface area contributed by atoms with Gasteiger partial charge in [0, 0.05) is 18.0 Å². The third kappa shape index (κ3) is 1.72. The van der Waals surface area contributed by atoms with Gasteiger partial charge in [-0.05, 0) is 11.6 Å². The summed E-state index contributed by atoms with van der Waals surface area (Å²) >= 11 is 0. The number of benzene rings is 1. The van der Waals surface area contributed by atoms with Crippen molar-refractivity contribution in [1.82, 2.24) is 4.73 Å². The van der Waals surface area contributed by atoms with E-state index in [0.29, 0.717) is 5.52 Å². The number of carboxylic acid groups (broad SMARTS) is 1. The van der Waals surface area contributed by atoms with E-state index in [4.69, 9.17) is 0 Å². The van der Waals surface area contributed by atoms with Gasteiger partial charge in [-0.1, -0.05) is 18.2 Å². The second kappa shape index (κ2) is 3.86. The third-order valence-corrected chi connectivity index (χ3v) is 2.57. The van der Waals surface area contributed by atoms with Gasteiger partial charge in [-0.25, -0.2) is 0 Å². The molecule has 5 heteroatoms. The molecule has 2 rings (SSSR count). The standard InChI is InChI=1S/C11H12N2O3/c12-9(11(14)15)5-7-6-13(16)10-4-2-1-3-8(7)10/h1-4,6,9,16H,5,12H2,(H,14,15)/t9-/m0/s1. The van der Waals surface area contributed by atoms with E-state index in [9.17, 15) is 15.1 Å². The predicted octanol–water partition coefficient (Wildman–Crippen LogP) is -1.22. The number of hydrogen-bond donors (Lipinski definition) is 2. The minimum atomic E-state index is -1.19. The second-order valence-corrected chi connectivity index (χ2v) is 3.74. The quantitative estimate of drug-likeness (QED) is 0.635. The Bertz CT molecular complexity index is 533. The second-order valence-electron chi connectivity index (χ2n) is 3.74. The van der Waals surface area contributed by atoms with Gasteiger partial charge in [0.2, 0.25) is 0 Å². The van der Waals surface area contributed by atoms with Gasteiger partial charge >= 0.3 is 0 Å². The van der Waals surface area contributed by atoms with Crippen molar-refractivity contribution in [3.8, 4) is 0 Å². The van der Waals surface area contributed by atoms with Crippen molar-refractivity contribution in [3.63, 3.8) is 0 Å². The van der Waals surface area contributed by atoms with Gasteiger partial charge in [0.1, 0.15) is 6.04 Å². The van der Waals surface area contributed by atoms with Gasteiger partial charge in [-0.2, -0.15) is 4.73 Å². The molecule has 0 unspecified atom stereocenters. The summed E-state index contributed by atoms with van der Waals surface area (Å²) in [6.45, 7) is 0. The number of fused-ring (bicyclic) bond motifs is 1. The highest BCUT2D eigenvalue weighted by molar-refractivity contribution is 5.84. The molecule has 1 atom stereocenters. The number of rotatable bonds is 3. The number of carbonyl (C=O) groups excluding carboxylic acids is 1. The predicted molar refractivity (Wildman–Crippen MR) is 54.5 cm³/mol. The first kappa shape index (κ1) is 10.5. The van der Waals surface area contributed by atoms with Crippen LogP contribution in [0, 0.1) is 0 Å². The molecule has 0 amide bonds. The van der Waals surface area contributed by atoms with Gasteiger partial charge in [-0.3, -0.25) is 0 Å². The van der Waals surface area contributed by atoms with Crippen LogP contribution in [-0.4, -0.2) is 21.9 Å². The van der Waals surface area contributed by atoms with Crippen molar-refractivity contribution in [2.24, 2.45) is 0 Å². The van der Waals surface area contributed by atoms with E-state index < -0.39 is 12.0 Å². The molecule has 0 bridgehead atoms. The van der Waals surface area contributed by atoms with Gasteiger partial charge in [-0.15, -0.1) is 0 Å². The van der Waals surface area contributed by atoms with E-state index in [1.165, 1.54) is 6.20 Å². The Morgan fingerprint density at radius 3 is 2.88 bits per heavy atom. The number of aliphatic carboxylic acids is 1. The van der Waals surface area contributed by atoms with Gasteiger partial charge in [0.05, 0.1) is 11.5 Å². The fourth-order valence-corrected chi connectivity index (χ4v) is 1.74. The van der Waals surface area contributed by atoms with Crippen molar-refractivity contribution >= 4 is 16.9 Å². The first-order chi connectivity index (χ1) is 7.59. The Labute approximate surface area is 91.7 Å². The molecule has 0 fully saturated rings. The van der Waals surface area contributed by atoms with Crippen LogP contribution < -0.4 is 10.8 Å². The van der Waals surface area contributed by atoms with Crippen LogP contribution in [0.15, 0.2) is 30.5 Å². The molecule has 1 heterocycles. The van der Waals surface area contributed by atoms with Crippen molar-refractivity contribution in [2.45, 2.75) is 12.5 Å². The smallest absolute Gasteiger partial charge is 0.129 e. The highest BCUT2D eigenvalue weighted by Crippen LogP contribution is 2.20. The van der Waals surface area contributed by atoms with E-state index in [-0.39, 0.29) is 6.42 Å². The third-order valence-electron chi connectivity index (χ3n) is 2.57. The topological polar surface area (TPSA) is 92.9 Å². The first-order valence-corrected chi connectivity index (χ1v) is 4.91. The number of nitrogens with zero attached hydrogens (tertiary/aromatic N) is 1. The zero-order valence-corrected chi connectivity index (χ0v) is 8.59. The average Bonchev–Trinajstić information content (AvgIpc) is 2.57. The van der Waals surface area contributed by atoms with Gasteiger partial charge in [0.25, 0.3) is 0 Å². The van der Waals surface area contributed by atoms with Gasteiger partial charge < -0.3 is 20.8 Å². The molecule has 0 aliphatic heterocycles. The molecular formula is C11H12N2O3. The van der Waals surface area contributed by atoms with Crippen molar-refractivity contribution < 1.29 is 20.8 Å². The van der Waals surface area contributed by atoms with E-state index in [0.717, 1.165) is 15.7 Å². The summed E-state index contributed by atoms with van der Waals surface area (Å²) in [7, 11) is 0. The van der Waals surface area contributed by atoms with Crippen LogP contribution in [0.5, 0.6) is 0 Å². The molecule has 0 saturated heterocycles. The lowest BCUT2D eigenvalue weighted by Gasteiger charge is -2.07. The molecule has 16 heavy (non-hydrogen) atoms. The highest BCUT2D eigenvalue weighted by atomic mass is 16.5. The molecule has 0 spiro atoms. The number of para-hydroxylation sites is 1. The summed E-state index contributed by atoms with van der Waals surface area (Å²) in [4.78, 5) is 10.6. The maximum atomic E-state index is 10.6. The molecule has 2 aromatic rings. The van der Waals surface area contributed by atoms with Crippen LogP contribution in [0.2, 0.25) is 0 Å². The fraction of sp³-hybridized carbons (Fsp3) is 0.182.